The van der Waals surface area contributed by atoms with Gasteiger partial charge in [0.15, 0.2) is 0 Å². The molecule has 1 aromatic carbocycles. The van der Waals surface area contributed by atoms with Crippen LogP contribution >= 0.6 is 11.3 Å². The lowest BCUT2D eigenvalue weighted by molar-refractivity contribution is 0.135. The Morgan fingerprint density at radius 2 is 2.03 bits per heavy atom. The number of ether oxygens (including phenoxy) is 1. The summed E-state index contributed by atoms with van der Waals surface area (Å²) in [4.78, 5) is 12.7. The Balaban J connectivity index is 1.88. The normalized spacial score (nSPS) is 19.9. The lowest BCUT2D eigenvalue weighted by Gasteiger charge is -2.25. The van der Waals surface area contributed by atoms with Crippen LogP contribution in [0.3, 0.4) is 0 Å². The van der Waals surface area contributed by atoms with Crippen LogP contribution in [0.1, 0.15) is 92.6 Å². The van der Waals surface area contributed by atoms with E-state index >= 15 is 4.39 Å². The molecule has 0 radical (unpaired) electrons. The largest absolute Gasteiger partial charge is 0.389 e. The van der Waals surface area contributed by atoms with Gasteiger partial charge in [0.25, 0.3) is 0 Å². The summed E-state index contributed by atoms with van der Waals surface area (Å²) in [5.41, 5.74) is 14.3. The monoisotopic (exact) mass is 545 g/mol. The Morgan fingerprint density at radius 1 is 1.28 bits per heavy atom. The summed E-state index contributed by atoms with van der Waals surface area (Å²) in [6, 6.07) is 2.65. The van der Waals surface area contributed by atoms with Gasteiger partial charge in [0.1, 0.15) is 16.9 Å². The Bertz CT molecular complexity index is 1560. The van der Waals surface area contributed by atoms with Gasteiger partial charge in [0.05, 0.1) is 29.2 Å². The second kappa shape index (κ2) is 10.7. The van der Waals surface area contributed by atoms with Crippen molar-refractivity contribution in [1.29, 1.82) is 5.26 Å². The molecule has 0 spiro atoms. The van der Waals surface area contributed by atoms with Crippen LogP contribution in [0.5, 0.6) is 0 Å². The quantitative estimate of drug-likeness (QED) is 0.344. The first-order valence-electron chi connectivity index (χ1n) is 13.8. The maximum Gasteiger partial charge on any atom is 0.226 e. The van der Waals surface area contributed by atoms with E-state index in [4.69, 9.17) is 20.4 Å². The van der Waals surface area contributed by atoms with E-state index in [-0.39, 0.29) is 5.83 Å². The first-order valence-corrected chi connectivity index (χ1v) is 14.6. The summed E-state index contributed by atoms with van der Waals surface area (Å²) < 4.78 is 21.4. The smallest absolute Gasteiger partial charge is 0.226 e. The fourth-order valence-electron chi connectivity index (χ4n) is 6.00. The van der Waals surface area contributed by atoms with Crippen LogP contribution in [-0.2, 0) is 24.4 Å². The second-order valence-electron chi connectivity index (χ2n) is 10.6. The minimum atomic E-state index is -0.377. The van der Waals surface area contributed by atoms with Crippen molar-refractivity contribution in [2.24, 2.45) is 5.92 Å². The zero-order valence-electron chi connectivity index (χ0n) is 23.6. The molecule has 5 rings (SSSR count). The van der Waals surface area contributed by atoms with Gasteiger partial charge in [-0.3, -0.25) is 0 Å². The molecule has 2 aliphatic rings. The number of thiophene rings is 1. The maximum atomic E-state index is 15.3. The predicted octanol–water partition coefficient (Wildman–Crippen LogP) is 7.53. The van der Waals surface area contributed by atoms with Gasteiger partial charge in [-0.2, -0.15) is 5.26 Å². The number of nitrogens with two attached hydrogens (primary N) is 1. The van der Waals surface area contributed by atoms with Gasteiger partial charge in [-0.1, -0.05) is 32.4 Å². The Hall–Kier alpha value is -3.28. The van der Waals surface area contributed by atoms with Gasteiger partial charge in [-0.15, -0.1) is 11.3 Å². The number of hydrogen-bond acceptors (Lipinski definition) is 7. The van der Waals surface area contributed by atoms with Crippen LogP contribution in [0.25, 0.3) is 22.3 Å². The van der Waals surface area contributed by atoms with Crippen molar-refractivity contribution in [2.75, 3.05) is 17.2 Å². The lowest BCUT2D eigenvalue weighted by atomic mass is 9.81. The van der Waals surface area contributed by atoms with Crippen molar-refractivity contribution < 1.29 is 9.13 Å². The molecule has 0 bridgehead atoms. The van der Waals surface area contributed by atoms with Gasteiger partial charge in [0, 0.05) is 29.7 Å². The SMILES string of the molecule is C/C=C(/F)c1sc(N)c(C#N)c1/C(=C(\C)CC)c1c2c(c3cnc(N4CCC(C)C4C)nc3c1CC)COC2. The average Bonchev–Trinajstić information content (AvgIpc) is 3.65. The van der Waals surface area contributed by atoms with Gasteiger partial charge >= 0.3 is 0 Å². The summed E-state index contributed by atoms with van der Waals surface area (Å²) in [6.07, 6.45) is 5.95. The summed E-state index contributed by atoms with van der Waals surface area (Å²) in [7, 11) is 0. The highest BCUT2D eigenvalue weighted by Crippen LogP contribution is 2.48. The van der Waals surface area contributed by atoms with E-state index in [0.29, 0.717) is 52.6 Å². The van der Waals surface area contributed by atoms with E-state index in [1.807, 2.05) is 6.20 Å². The molecule has 8 heteroatoms. The first kappa shape index (κ1) is 27.3. The first-order chi connectivity index (χ1) is 18.8. The number of rotatable bonds is 6. The van der Waals surface area contributed by atoms with E-state index in [0.717, 1.165) is 81.0 Å². The van der Waals surface area contributed by atoms with Crippen molar-refractivity contribution in [3.63, 3.8) is 0 Å². The molecule has 1 fully saturated rings. The molecule has 0 amide bonds. The van der Waals surface area contributed by atoms with Crippen LogP contribution in [-0.4, -0.2) is 22.6 Å². The number of anilines is 2. The minimum Gasteiger partial charge on any atom is -0.389 e. The molecule has 2 aliphatic heterocycles. The number of nitrogen functional groups attached to an aromatic ring is 1. The van der Waals surface area contributed by atoms with Gasteiger partial charge < -0.3 is 15.4 Å². The van der Waals surface area contributed by atoms with Crippen LogP contribution in [0.15, 0.2) is 17.8 Å². The maximum absolute atomic E-state index is 15.3. The van der Waals surface area contributed by atoms with Crippen LogP contribution in [0.2, 0.25) is 0 Å². The average molecular weight is 546 g/mol. The van der Waals surface area contributed by atoms with Crippen LogP contribution in [0.4, 0.5) is 15.3 Å². The van der Waals surface area contributed by atoms with Gasteiger partial charge in [0.2, 0.25) is 5.95 Å². The number of fused-ring (bicyclic) bond motifs is 3. The van der Waals surface area contributed by atoms with E-state index in [9.17, 15) is 5.26 Å². The molecule has 4 heterocycles. The molecule has 0 aliphatic carbocycles. The van der Waals surface area contributed by atoms with Crippen molar-refractivity contribution in [3.8, 4) is 6.07 Å². The molecule has 2 N–H and O–H groups in total. The third-order valence-electron chi connectivity index (χ3n) is 8.57. The number of allylic oxidation sites excluding steroid dienone is 2. The molecule has 39 heavy (non-hydrogen) atoms. The third kappa shape index (κ3) is 4.32. The fraction of sp³-hybridized carbons (Fsp3) is 0.452. The highest BCUT2D eigenvalue weighted by molar-refractivity contribution is 7.17. The molecular weight excluding hydrogens is 509 g/mol. The van der Waals surface area contributed by atoms with E-state index < -0.39 is 0 Å². The van der Waals surface area contributed by atoms with Crippen molar-refractivity contribution >= 4 is 44.6 Å². The summed E-state index contributed by atoms with van der Waals surface area (Å²) >= 11 is 1.13. The molecule has 2 atom stereocenters. The minimum absolute atomic E-state index is 0.327. The van der Waals surface area contributed by atoms with Crippen LogP contribution in [0, 0.1) is 17.2 Å². The van der Waals surface area contributed by atoms with E-state index in [1.165, 1.54) is 6.08 Å². The number of aryl methyl sites for hydroxylation is 1. The number of benzene rings is 1. The summed E-state index contributed by atoms with van der Waals surface area (Å²) in [6.45, 7) is 14.3. The Labute approximate surface area is 234 Å². The Kier molecular flexibility index (Phi) is 7.49. The van der Waals surface area contributed by atoms with E-state index in [1.54, 1.807) is 6.92 Å². The van der Waals surface area contributed by atoms with Crippen LogP contribution < -0.4 is 10.6 Å². The zero-order valence-corrected chi connectivity index (χ0v) is 24.4. The highest BCUT2D eigenvalue weighted by Gasteiger charge is 2.33. The number of hydrogen-bond donors (Lipinski definition) is 1. The highest BCUT2D eigenvalue weighted by atomic mass is 32.1. The molecule has 2 unspecified atom stereocenters. The zero-order chi connectivity index (χ0) is 28.0. The fourth-order valence-corrected chi connectivity index (χ4v) is 7.00. The number of aromatic nitrogens is 2. The number of halogens is 1. The van der Waals surface area contributed by atoms with Gasteiger partial charge in [-0.05, 0) is 73.8 Å². The molecule has 6 nitrogen and oxygen atoms in total. The Morgan fingerprint density at radius 3 is 2.64 bits per heavy atom. The lowest BCUT2D eigenvalue weighted by Crippen LogP contribution is -2.30. The number of nitrogens with zero attached hydrogens (tertiary/aromatic N) is 4. The predicted molar refractivity (Wildman–Crippen MR) is 158 cm³/mol. The molecule has 2 aromatic heterocycles. The molecule has 0 saturated carbocycles. The molecule has 1 saturated heterocycles. The summed E-state index contributed by atoms with van der Waals surface area (Å²) in [5, 5.41) is 11.5. The second-order valence-corrected chi connectivity index (χ2v) is 11.6. The third-order valence-corrected chi connectivity index (χ3v) is 9.60. The van der Waals surface area contributed by atoms with Crippen molar-refractivity contribution in [2.45, 2.75) is 80.1 Å². The standard InChI is InChI=1S/C31H36FN5OS/c1-7-16(4)25(27-20(12-33)30(34)39-29(27)24(32)9-3)26-19(8-2)28-21(22-14-38-15-23(22)26)13-35-31(36-28)37-11-10-17(5)18(37)6/h9,13,17-18H,7-8,10-11,14-15,34H2,1-6H3/b24-9+,25-16+. The van der Waals surface area contributed by atoms with E-state index in [2.05, 4.69) is 45.6 Å². The summed E-state index contributed by atoms with van der Waals surface area (Å²) in [5.74, 6) is 0.946. The topological polar surface area (TPSA) is 88.1 Å². The molecule has 3 aromatic rings. The van der Waals surface area contributed by atoms with Gasteiger partial charge in [-0.25, -0.2) is 14.4 Å². The molecule has 204 valence electrons. The van der Waals surface area contributed by atoms with Crippen molar-refractivity contribution in [3.05, 3.63) is 56.1 Å². The number of nitriles is 1. The van der Waals surface area contributed by atoms with Crippen molar-refractivity contribution in [1.82, 2.24) is 9.97 Å². The molecular formula is C31H36FN5OS.